The predicted octanol–water partition coefficient (Wildman–Crippen LogP) is 1.39. The van der Waals surface area contributed by atoms with Gasteiger partial charge in [0.05, 0.1) is 0 Å². The maximum absolute atomic E-state index is 12.6. The van der Waals surface area contributed by atoms with E-state index in [-0.39, 0.29) is 11.8 Å². The highest BCUT2D eigenvalue weighted by Gasteiger charge is 2.24. The summed E-state index contributed by atoms with van der Waals surface area (Å²) in [4.78, 5) is 35.8. The number of nitrogens with zero attached hydrogens (tertiary/aromatic N) is 4. The summed E-state index contributed by atoms with van der Waals surface area (Å²) < 4.78 is 0. The number of hydrogen-bond acceptors (Lipinski definition) is 5. The molecule has 1 aliphatic heterocycles. The Kier molecular flexibility index (Phi) is 5.23. The molecule has 25 heavy (non-hydrogen) atoms. The van der Waals surface area contributed by atoms with Crippen molar-refractivity contribution in [3.8, 4) is 0 Å². The van der Waals surface area contributed by atoms with Crippen molar-refractivity contribution >= 4 is 17.5 Å². The zero-order valence-electron chi connectivity index (χ0n) is 14.2. The van der Waals surface area contributed by atoms with Crippen LogP contribution in [-0.4, -0.2) is 57.8 Å². The zero-order chi connectivity index (χ0) is 17.6. The predicted molar refractivity (Wildman–Crippen MR) is 94.0 cm³/mol. The maximum Gasteiger partial charge on any atom is 0.272 e. The largest absolute Gasteiger partial charge is 0.381 e. The number of carbonyl (C=O) groups is 2. The van der Waals surface area contributed by atoms with Crippen LogP contribution in [0.2, 0.25) is 0 Å². The Morgan fingerprint density at radius 1 is 1.12 bits per heavy atom. The van der Waals surface area contributed by atoms with Crippen molar-refractivity contribution in [1.82, 2.24) is 19.8 Å². The Bertz CT molecular complexity index is 742. The molecule has 1 saturated heterocycles. The summed E-state index contributed by atoms with van der Waals surface area (Å²) >= 11 is 0. The van der Waals surface area contributed by atoms with Gasteiger partial charge in [-0.2, -0.15) is 0 Å². The molecule has 2 aromatic heterocycles. The lowest BCUT2D eigenvalue weighted by atomic mass is 10.2. The van der Waals surface area contributed by atoms with Crippen LogP contribution in [0.4, 0.5) is 5.69 Å². The fourth-order valence-electron chi connectivity index (χ4n) is 2.75. The van der Waals surface area contributed by atoms with Crippen molar-refractivity contribution in [3.63, 3.8) is 0 Å². The summed E-state index contributed by atoms with van der Waals surface area (Å²) in [5, 5.41) is 3.28. The average Bonchev–Trinajstić information content (AvgIpc) is 2.67. The molecule has 0 aliphatic carbocycles. The molecule has 0 saturated carbocycles. The highest BCUT2D eigenvalue weighted by Crippen LogP contribution is 2.13. The number of pyridine rings is 2. The van der Waals surface area contributed by atoms with Crippen molar-refractivity contribution in [2.45, 2.75) is 13.5 Å². The molecule has 1 fully saturated rings. The molecule has 1 aliphatic rings. The molecule has 0 bridgehead atoms. The topological polar surface area (TPSA) is 78.4 Å². The summed E-state index contributed by atoms with van der Waals surface area (Å²) in [5.41, 5.74) is 2.31. The third-order valence-corrected chi connectivity index (χ3v) is 4.21. The number of piperazine rings is 1. The fourth-order valence-corrected chi connectivity index (χ4v) is 2.75. The number of rotatable bonds is 4. The van der Waals surface area contributed by atoms with Gasteiger partial charge in [0.25, 0.3) is 5.91 Å². The van der Waals surface area contributed by atoms with Crippen LogP contribution >= 0.6 is 0 Å². The van der Waals surface area contributed by atoms with Gasteiger partial charge < -0.3 is 15.1 Å². The van der Waals surface area contributed by atoms with Gasteiger partial charge >= 0.3 is 0 Å². The summed E-state index contributed by atoms with van der Waals surface area (Å²) in [5.74, 6) is -0.0555. The quantitative estimate of drug-likeness (QED) is 0.911. The molecule has 2 aromatic rings. The van der Waals surface area contributed by atoms with Gasteiger partial charge in [-0.3, -0.25) is 19.6 Å². The van der Waals surface area contributed by atoms with Crippen LogP contribution < -0.4 is 5.32 Å². The van der Waals surface area contributed by atoms with E-state index in [0.717, 1.165) is 11.3 Å². The van der Waals surface area contributed by atoms with Gasteiger partial charge in [0.2, 0.25) is 5.91 Å². The highest BCUT2D eigenvalue weighted by molar-refractivity contribution is 5.93. The minimum atomic E-state index is -0.103. The Labute approximate surface area is 146 Å². The van der Waals surface area contributed by atoms with Crippen LogP contribution in [0, 0.1) is 0 Å². The Balaban J connectivity index is 1.61. The van der Waals surface area contributed by atoms with E-state index in [1.807, 2.05) is 18.2 Å². The number of amides is 2. The Morgan fingerprint density at radius 3 is 2.56 bits per heavy atom. The second-order valence-corrected chi connectivity index (χ2v) is 5.94. The molecule has 0 spiro atoms. The van der Waals surface area contributed by atoms with Crippen LogP contribution in [0.5, 0.6) is 0 Å². The minimum absolute atomic E-state index is 0.0480. The average molecular weight is 339 g/mol. The first-order valence-corrected chi connectivity index (χ1v) is 8.27. The van der Waals surface area contributed by atoms with E-state index in [2.05, 4.69) is 15.3 Å². The molecule has 3 rings (SSSR count). The van der Waals surface area contributed by atoms with Gasteiger partial charge in [0.15, 0.2) is 0 Å². The van der Waals surface area contributed by atoms with Gasteiger partial charge in [0, 0.05) is 63.9 Å². The van der Waals surface area contributed by atoms with Gasteiger partial charge in [-0.1, -0.05) is 6.07 Å². The lowest BCUT2D eigenvalue weighted by molar-refractivity contribution is -0.130. The maximum atomic E-state index is 12.6. The fraction of sp³-hybridized carbons (Fsp3) is 0.333. The summed E-state index contributed by atoms with van der Waals surface area (Å²) in [7, 11) is 0. The lowest BCUT2D eigenvalue weighted by Crippen LogP contribution is -2.50. The normalized spacial score (nSPS) is 14.3. The van der Waals surface area contributed by atoms with E-state index < -0.39 is 0 Å². The molecule has 1 N–H and O–H groups in total. The third kappa shape index (κ3) is 4.32. The second-order valence-electron chi connectivity index (χ2n) is 5.94. The van der Waals surface area contributed by atoms with Crippen molar-refractivity contribution in [2.75, 3.05) is 31.5 Å². The number of aromatic nitrogens is 2. The van der Waals surface area contributed by atoms with E-state index in [0.29, 0.717) is 38.4 Å². The smallest absolute Gasteiger partial charge is 0.272 e. The summed E-state index contributed by atoms with van der Waals surface area (Å²) in [6, 6.07) is 7.47. The first-order valence-electron chi connectivity index (χ1n) is 8.27. The van der Waals surface area contributed by atoms with Gasteiger partial charge in [-0.05, 0) is 23.8 Å². The van der Waals surface area contributed by atoms with Crippen LogP contribution in [0.3, 0.4) is 0 Å². The van der Waals surface area contributed by atoms with Crippen molar-refractivity contribution in [3.05, 3.63) is 54.1 Å². The Hall–Kier alpha value is -2.96. The summed E-state index contributed by atoms with van der Waals surface area (Å²) in [6.07, 6.45) is 5.16. The highest BCUT2D eigenvalue weighted by atomic mass is 16.2. The minimum Gasteiger partial charge on any atom is -0.381 e. The molecule has 7 nitrogen and oxygen atoms in total. The molecule has 0 aromatic carbocycles. The molecule has 130 valence electrons. The van der Waals surface area contributed by atoms with Crippen molar-refractivity contribution < 1.29 is 9.59 Å². The molecule has 0 unspecified atom stereocenters. The number of anilines is 1. The molecule has 3 heterocycles. The Morgan fingerprint density at radius 2 is 1.88 bits per heavy atom. The summed E-state index contributed by atoms with van der Waals surface area (Å²) in [6.45, 7) is 4.39. The van der Waals surface area contributed by atoms with Crippen molar-refractivity contribution in [2.24, 2.45) is 0 Å². The zero-order valence-corrected chi connectivity index (χ0v) is 14.2. The van der Waals surface area contributed by atoms with E-state index in [1.165, 1.54) is 0 Å². The third-order valence-electron chi connectivity index (χ3n) is 4.21. The van der Waals surface area contributed by atoms with E-state index in [9.17, 15) is 9.59 Å². The molecule has 2 amide bonds. The van der Waals surface area contributed by atoms with E-state index >= 15 is 0 Å². The molecule has 7 heteroatoms. The second kappa shape index (κ2) is 7.74. The van der Waals surface area contributed by atoms with Crippen LogP contribution in [0.25, 0.3) is 0 Å². The van der Waals surface area contributed by atoms with E-state index in [1.54, 1.807) is 41.4 Å². The van der Waals surface area contributed by atoms with Gasteiger partial charge in [0.1, 0.15) is 5.69 Å². The van der Waals surface area contributed by atoms with Gasteiger partial charge in [-0.15, -0.1) is 0 Å². The first kappa shape index (κ1) is 16.9. The molecular weight excluding hydrogens is 318 g/mol. The molecular formula is C18H21N5O2. The standard InChI is InChI=1S/C18H21N5O2/c1-14(24)22-7-9-23(10-8-22)18(25)17-11-16(4-6-20-17)21-13-15-3-2-5-19-12-15/h2-6,11-12H,7-10,13H2,1H3,(H,20,21). The van der Waals surface area contributed by atoms with Crippen LogP contribution in [0.1, 0.15) is 23.0 Å². The lowest BCUT2D eigenvalue weighted by Gasteiger charge is -2.34. The van der Waals surface area contributed by atoms with Crippen molar-refractivity contribution in [1.29, 1.82) is 0 Å². The molecule has 0 atom stereocenters. The number of nitrogens with one attached hydrogen (secondary N) is 1. The van der Waals surface area contributed by atoms with Crippen LogP contribution in [-0.2, 0) is 11.3 Å². The first-order chi connectivity index (χ1) is 12.1. The monoisotopic (exact) mass is 339 g/mol. The SMILES string of the molecule is CC(=O)N1CCN(C(=O)c2cc(NCc3cccnc3)ccn2)CC1. The number of carbonyl (C=O) groups excluding carboxylic acids is 2. The van der Waals surface area contributed by atoms with E-state index in [4.69, 9.17) is 0 Å². The van der Waals surface area contributed by atoms with Gasteiger partial charge in [-0.25, -0.2) is 0 Å². The molecule has 0 radical (unpaired) electrons. The van der Waals surface area contributed by atoms with Crippen LogP contribution in [0.15, 0.2) is 42.9 Å². The number of hydrogen-bond donors (Lipinski definition) is 1.